The van der Waals surface area contributed by atoms with Crippen LogP contribution in [0.3, 0.4) is 0 Å². The molecule has 37 heavy (non-hydrogen) atoms. The Labute approximate surface area is 225 Å². The van der Waals surface area contributed by atoms with Crippen molar-refractivity contribution in [2.75, 3.05) is 12.1 Å². The van der Waals surface area contributed by atoms with Gasteiger partial charge in [0.15, 0.2) is 0 Å². The van der Waals surface area contributed by atoms with E-state index in [9.17, 15) is 0 Å². The fourth-order valence-electron chi connectivity index (χ4n) is 4.98. The minimum absolute atomic E-state index is 0.176. The molecule has 1 atom stereocenters. The molecule has 0 radical (unpaired) electrons. The summed E-state index contributed by atoms with van der Waals surface area (Å²) in [6.07, 6.45) is 1.70. The Bertz CT molecular complexity index is 1300. The first-order chi connectivity index (χ1) is 17.5. The second-order valence-corrected chi connectivity index (χ2v) is 10.2. The van der Waals surface area contributed by atoms with E-state index >= 15 is 0 Å². The standard InChI is InChI=1S/C35H42N2/c1-23(2)34(29(8)27(6)28(7)32-20-17-24(3)18-21-32)22-19-25(4)26(5)35-30(9)36(11)37(31(35)10)33-15-13-12-14-16-33/h12-18,20-21,34H,1,4-5,8,10,19,22H2,2-3,6-7,9,11H3. The first-order valence-electron chi connectivity index (χ1n) is 12.9. The van der Waals surface area contributed by atoms with Crippen molar-refractivity contribution >= 4 is 11.3 Å². The normalized spacial score (nSPS) is 15.0. The molecule has 1 unspecified atom stereocenters. The van der Waals surface area contributed by atoms with Gasteiger partial charge in [0.05, 0.1) is 11.4 Å². The zero-order valence-corrected chi connectivity index (χ0v) is 23.6. The molecule has 0 saturated carbocycles. The maximum atomic E-state index is 4.51. The number of nitrogens with zero attached hydrogens (tertiary/aromatic N) is 2. The van der Waals surface area contributed by atoms with E-state index in [-0.39, 0.29) is 5.92 Å². The summed E-state index contributed by atoms with van der Waals surface area (Å²) in [5.41, 5.74) is 13.4. The minimum atomic E-state index is 0.176. The maximum absolute atomic E-state index is 4.51. The average Bonchev–Trinajstić information content (AvgIpc) is 3.10. The lowest BCUT2D eigenvalue weighted by Crippen LogP contribution is -2.32. The van der Waals surface area contributed by atoms with E-state index in [4.69, 9.17) is 0 Å². The van der Waals surface area contributed by atoms with Gasteiger partial charge in [-0.05, 0) is 93.0 Å². The Kier molecular flexibility index (Phi) is 8.65. The molecule has 0 aromatic heterocycles. The fraction of sp³-hybridized carbons (Fsp3) is 0.257. The van der Waals surface area contributed by atoms with Crippen molar-refractivity contribution in [2.45, 2.75) is 47.5 Å². The van der Waals surface area contributed by atoms with Gasteiger partial charge >= 0.3 is 0 Å². The number of para-hydroxylation sites is 1. The predicted octanol–water partition coefficient (Wildman–Crippen LogP) is 9.58. The van der Waals surface area contributed by atoms with Crippen LogP contribution in [0.25, 0.3) is 5.57 Å². The lowest BCUT2D eigenvalue weighted by atomic mass is 9.81. The van der Waals surface area contributed by atoms with Crippen LogP contribution in [0.2, 0.25) is 0 Å². The van der Waals surface area contributed by atoms with Gasteiger partial charge in [-0.15, -0.1) is 0 Å². The largest absolute Gasteiger partial charge is 0.288 e. The van der Waals surface area contributed by atoms with Crippen molar-refractivity contribution in [3.8, 4) is 0 Å². The van der Waals surface area contributed by atoms with Crippen molar-refractivity contribution in [1.29, 1.82) is 0 Å². The van der Waals surface area contributed by atoms with E-state index in [0.717, 1.165) is 57.8 Å². The highest BCUT2D eigenvalue weighted by Crippen LogP contribution is 2.41. The van der Waals surface area contributed by atoms with Gasteiger partial charge < -0.3 is 0 Å². The number of hydrogen-bond acceptors (Lipinski definition) is 2. The number of hydrazine groups is 1. The molecule has 3 rings (SSSR count). The van der Waals surface area contributed by atoms with Crippen molar-refractivity contribution in [1.82, 2.24) is 5.01 Å². The van der Waals surface area contributed by atoms with E-state index in [2.05, 4.69) is 121 Å². The third-order valence-corrected chi connectivity index (χ3v) is 7.70. The Morgan fingerprint density at radius 2 is 1.46 bits per heavy atom. The van der Waals surface area contributed by atoms with Crippen LogP contribution in [0.1, 0.15) is 51.7 Å². The molecule has 2 heteroatoms. The highest BCUT2D eigenvalue weighted by molar-refractivity contribution is 5.71. The SMILES string of the molecule is C=C(CCC(C(=C)C)C(=C)C(C)=C(C)c1ccc(C)cc1)C(=C)C1=C(C)N(C)N(c2ccccc2)C1=C. The molecule has 2 aromatic rings. The number of hydrogen-bond donors (Lipinski definition) is 0. The lowest BCUT2D eigenvalue weighted by Gasteiger charge is -2.30. The van der Waals surface area contributed by atoms with Gasteiger partial charge in [-0.3, -0.25) is 10.0 Å². The summed E-state index contributed by atoms with van der Waals surface area (Å²) < 4.78 is 0. The van der Waals surface area contributed by atoms with Gasteiger partial charge in [-0.25, -0.2) is 0 Å². The predicted molar refractivity (Wildman–Crippen MR) is 163 cm³/mol. The summed E-state index contributed by atoms with van der Waals surface area (Å²) in [7, 11) is 2.06. The quantitative estimate of drug-likeness (QED) is 0.242. The molecule has 1 heterocycles. The Balaban J connectivity index is 1.75. The summed E-state index contributed by atoms with van der Waals surface area (Å²) in [6, 6.07) is 19.0. The van der Waals surface area contributed by atoms with Crippen molar-refractivity contribution in [3.05, 3.63) is 143 Å². The first-order valence-corrected chi connectivity index (χ1v) is 12.9. The molecule has 2 nitrogen and oxygen atoms in total. The van der Waals surface area contributed by atoms with Gasteiger partial charge in [-0.2, -0.15) is 0 Å². The summed E-state index contributed by atoms with van der Waals surface area (Å²) in [6.45, 7) is 32.8. The molecule has 1 aliphatic rings. The molecule has 0 bridgehead atoms. The number of rotatable bonds is 10. The van der Waals surface area contributed by atoms with E-state index in [0.29, 0.717) is 0 Å². The molecule has 0 amide bonds. The topological polar surface area (TPSA) is 6.48 Å². The smallest absolute Gasteiger partial charge is 0.0657 e. The fourth-order valence-corrected chi connectivity index (χ4v) is 4.98. The summed E-state index contributed by atoms with van der Waals surface area (Å²) in [4.78, 5) is 0. The Hall–Kier alpha value is -3.78. The van der Waals surface area contributed by atoms with Crippen LogP contribution in [-0.4, -0.2) is 12.1 Å². The zero-order valence-electron chi connectivity index (χ0n) is 23.6. The summed E-state index contributed by atoms with van der Waals surface area (Å²) in [5.74, 6) is 0.176. The third-order valence-electron chi connectivity index (χ3n) is 7.70. The molecular weight excluding hydrogens is 448 g/mol. The van der Waals surface area contributed by atoms with Gasteiger partial charge in [0.2, 0.25) is 0 Å². The van der Waals surface area contributed by atoms with Crippen molar-refractivity contribution in [3.63, 3.8) is 0 Å². The highest BCUT2D eigenvalue weighted by atomic mass is 15.6. The van der Waals surface area contributed by atoms with Crippen molar-refractivity contribution in [2.24, 2.45) is 5.92 Å². The number of benzene rings is 2. The summed E-state index contributed by atoms with van der Waals surface area (Å²) >= 11 is 0. The number of anilines is 1. The molecule has 1 aliphatic heterocycles. The molecule has 0 fully saturated rings. The van der Waals surface area contributed by atoms with Crippen LogP contribution in [0.15, 0.2) is 132 Å². The second kappa shape index (κ2) is 11.5. The van der Waals surface area contributed by atoms with Gasteiger partial charge in [0.25, 0.3) is 0 Å². The molecule has 2 aromatic carbocycles. The summed E-state index contributed by atoms with van der Waals surface area (Å²) in [5, 5.41) is 4.26. The Morgan fingerprint density at radius 1 is 0.865 bits per heavy atom. The number of aryl methyl sites for hydroxylation is 1. The maximum Gasteiger partial charge on any atom is 0.0657 e. The van der Waals surface area contributed by atoms with E-state index in [1.165, 1.54) is 22.3 Å². The number of allylic oxidation sites excluding steroid dienone is 7. The highest BCUT2D eigenvalue weighted by Gasteiger charge is 2.31. The van der Waals surface area contributed by atoms with E-state index in [1.807, 2.05) is 18.2 Å². The average molecular weight is 491 g/mol. The first kappa shape index (κ1) is 27.8. The molecule has 0 aliphatic carbocycles. The van der Waals surface area contributed by atoms with Crippen LogP contribution >= 0.6 is 0 Å². The molecule has 0 N–H and O–H groups in total. The van der Waals surface area contributed by atoms with E-state index < -0.39 is 0 Å². The van der Waals surface area contributed by atoms with Crippen LogP contribution in [-0.2, 0) is 0 Å². The van der Waals surface area contributed by atoms with Crippen LogP contribution in [0.5, 0.6) is 0 Å². The molecule has 192 valence electrons. The van der Waals surface area contributed by atoms with Crippen LogP contribution < -0.4 is 5.01 Å². The second-order valence-electron chi connectivity index (χ2n) is 10.2. The van der Waals surface area contributed by atoms with Gasteiger partial charge in [-0.1, -0.05) is 86.5 Å². The zero-order chi connectivity index (χ0) is 27.4. The van der Waals surface area contributed by atoms with E-state index in [1.54, 1.807) is 0 Å². The van der Waals surface area contributed by atoms with Gasteiger partial charge in [0.1, 0.15) is 0 Å². The lowest BCUT2D eigenvalue weighted by molar-refractivity contribution is 0.438. The van der Waals surface area contributed by atoms with Crippen LogP contribution in [0.4, 0.5) is 5.69 Å². The monoisotopic (exact) mass is 490 g/mol. The molecule has 0 spiro atoms. The Morgan fingerprint density at radius 3 is 2.03 bits per heavy atom. The molecular formula is C35H42N2. The molecule has 0 saturated heterocycles. The van der Waals surface area contributed by atoms with Crippen LogP contribution in [0, 0.1) is 12.8 Å². The third kappa shape index (κ3) is 5.80. The van der Waals surface area contributed by atoms with Crippen molar-refractivity contribution < 1.29 is 0 Å². The van der Waals surface area contributed by atoms with Gasteiger partial charge in [0, 0.05) is 24.2 Å². The minimum Gasteiger partial charge on any atom is -0.288 e.